The van der Waals surface area contributed by atoms with Crippen LogP contribution in [-0.4, -0.2) is 18.3 Å². The fourth-order valence-corrected chi connectivity index (χ4v) is 4.60. The minimum Gasteiger partial charge on any atom is -0.399 e. The van der Waals surface area contributed by atoms with E-state index in [1.165, 1.54) is 16.8 Å². The Morgan fingerprint density at radius 1 is 0.743 bits per heavy atom. The van der Waals surface area contributed by atoms with E-state index < -0.39 is 0 Å². The zero-order chi connectivity index (χ0) is 24.5. The molecule has 5 rings (SSSR count). The fourth-order valence-electron chi connectivity index (χ4n) is 4.60. The van der Waals surface area contributed by atoms with Gasteiger partial charge in [-0.15, -0.1) is 0 Å². The van der Waals surface area contributed by atoms with Crippen molar-refractivity contribution < 1.29 is 9.31 Å². The average Bonchev–Trinajstić information content (AvgIpc) is 3.03. The summed E-state index contributed by atoms with van der Waals surface area (Å²) in [6, 6.07) is 17.5. The topological polar surface area (TPSA) is 21.7 Å². The van der Waals surface area contributed by atoms with Gasteiger partial charge in [0, 0.05) is 23.5 Å². The van der Waals surface area contributed by atoms with Crippen molar-refractivity contribution in [3.63, 3.8) is 0 Å². The first-order valence-electron chi connectivity index (χ1n) is 12.6. The highest BCUT2D eigenvalue weighted by Crippen LogP contribution is 2.37. The molecule has 3 aliphatic rings. The van der Waals surface area contributed by atoms with Crippen molar-refractivity contribution in [3.8, 4) is 0 Å². The Morgan fingerprint density at radius 3 is 2.03 bits per heavy atom. The Kier molecular flexibility index (Phi) is 6.44. The molecule has 1 saturated heterocycles. The largest absolute Gasteiger partial charge is 0.494 e. The van der Waals surface area contributed by atoms with E-state index in [-0.39, 0.29) is 18.3 Å². The van der Waals surface area contributed by atoms with Crippen molar-refractivity contribution >= 4 is 29.5 Å². The van der Waals surface area contributed by atoms with Gasteiger partial charge in [0.15, 0.2) is 0 Å². The summed E-state index contributed by atoms with van der Waals surface area (Å²) in [5, 5.41) is 0. The number of allylic oxidation sites excluding steroid dienone is 9. The second-order valence-corrected chi connectivity index (χ2v) is 10.4. The molecule has 1 heterocycles. The number of hydrogen-bond acceptors (Lipinski definition) is 3. The SMILES string of the molecule is CC1(C)OB(c2ccc(N(C3=CC=CC=CC3)c3ccc(C4=CCCC=C4)cc3)cc2)OC1(C)C. The highest BCUT2D eigenvalue weighted by atomic mass is 16.7. The summed E-state index contributed by atoms with van der Waals surface area (Å²) in [4.78, 5) is 2.34. The Balaban J connectivity index is 1.46. The van der Waals surface area contributed by atoms with E-state index in [9.17, 15) is 0 Å². The first-order valence-corrected chi connectivity index (χ1v) is 12.6. The van der Waals surface area contributed by atoms with E-state index in [2.05, 4.69) is 130 Å². The minimum atomic E-state index is -0.360. The van der Waals surface area contributed by atoms with Gasteiger partial charge in [-0.05, 0) is 87.5 Å². The van der Waals surface area contributed by atoms with Gasteiger partial charge < -0.3 is 14.2 Å². The monoisotopic (exact) mass is 463 g/mol. The molecule has 0 amide bonds. The van der Waals surface area contributed by atoms with Crippen LogP contribution in [0.25, 0.3) is 5.57 Å². The van der Waals surface area contributed by atoms with Gasteiger partial charge in [0.05, 0.1) is 11.2 Å². The first-order chi connectivity index (χ1) is 16.8. The maximum atomic E-state index is 6.26. The standard InChI is InChI=1S/C31H34BNO2/c1-30(2)31(3,4)35-32(34-30)26-18-22-29(23-19-26)33(27-14-10-5-6-11-15-27)28-20-16-25(17-21-28)24-12-8-7-9-13-24/h5-6,8,10-14,16-23H,7,9,15H2,1-4H3. The summed E-state index contributed by atoms with van der Waals surface area (Å²) >= 11 is 0. The van der Waals surface area contributed by atoms with Crippen LogP contribution in [0.1, 0.15) is 52.5 Å². The summed E-state index contributed by atoms with van der Waals surface area (Å²) in [6.07, 6.45) is 20.6. The maximum Gasteiger partial charge on any atom is 0.494 e. The lowest BCUT2D eigenvalue weighted by molar-refractivity contribution is 0.00578. The molecule has 2 aromatic carbocycles. The van der Waals surface area contributed by atoms with Gasteiger partial charge >= 0.3 is 7.12 Å². The summed E-state index contributed by atoms with van der Waals surface area (Å²) in [5.74, 6) is 0. The maximum absolute atomic E-state index is 6.26. The second kappa shape index (κ2) is 9.52. The molecule has 4 heteroatoms. The van der Waals surface area contributed by atoms with Crippen molar-refractivity contribution in [1.29, 1.82) is 0 Å². The van der Waals surface area contributed by atoms with Gasteiger partial charge in [-0.1, -0.05) is 66.8 Å². The summed E-state index contributed by atoms with van der Waals surface area (Å²) < 4.78 is 12.5. The average molecular weight is 463 g/mol. The number of hydrogen-bond donors (Lipinski definition) is 0. The molecule has 178 valence electrons. The lowest BCUT2D eigenvalue weighted by Crippen LogP contribution is -2.41. The third kappa shape index (κ3) is 4.87. The third-order valence-corrected chi connectivity index (χ3v) is 7.39. The molecule has 0 unspecified atom stereocenters. The Hall–Kier alpha value is -3.08. The predicted molar refractivity (Wildman–Crippen MR) is 148 cm³/mol. The molecule has 0 aromatic heterocycles. The van der Waals surface area contributed by atoms with Gasteiger partial charge in [0.2, 0.25) is 0 Å². The van der Waals surface area contributed by atoms with Crippen LogP contribution in [0.3, 0.4) is 0 Å². The normalized spacial score (nSPS) is 20.4. The molecular formula is C31H34BNO2. The number of benzene rings is 2. The molecule has 1 fully saturated rings. The molecule has 0 bridgehead atoms. The molecule has 0 atom stereocenters. The van der Waals surface area contributed by atoms with Crippen LogP contribution in [0.2, 0.25) is 0 Å². The molecule has 1 aliphatic heterocycles. The minimum absolute atomic E-state index is 0.350. The van der Waals surface area contributed by atoms with Crippen LogP contribution in [0, 0.1) is 0 Å². The lowest BCUT2D eigenvalue weighted by Gasteiger charge is -2.32. The third-order valence-electron chi connectivity index (χ3n) is 7.39. The lowest BCUT2D eigenvalue weighted by atomic mass is 9.79. The molecule has 0 N–H and O–H groups in total. The smallest absolute Gasteiger partial charge is 0.399 e. The fraction of sp³-hybridized carbons (Fsp3) is 0.290. The van der Waals surface area contributed by atoms with Crippen LogP contribution in [0.15, 0.2) is 103 Å². The van der Waals surface area contributed by atoms with E-state index in [0.29, 0.717) is 0 Å². The first kappa shape index (κ1) is 23.7. The number of rotatable bonds is 5. The second-order valence-electron chi connectivity index (χ2n) is 10.4. The molecule has 2 aliphatic carbocycles. The van der Waals surface area contributed by atoms with Gasteiger partial charge in [-0.25, -0.2) is 0 Å². The highest BCUT2D eigenvalue weighted by Gasteiger charge is 2.51. The van der Waals surface area contributed by atoms with Gasteiger partial charge in [0.1, 0.15) is 0 Å². The van der Waals surface area contributed by atoms with Gasteiger partial charge in [-0.2, -0.15) is 0 Å². The highest BCUT2D eigenvalue weighted by molar-refractivity contribution is 6.62. The van der Waals surface area contributed by atoms with Crippen molar-refractivity contribution in [2.75, 3.05) is 4.90 Å². The molecule has 0 saturated carbocycles. The Labute approximate surface area is 210 Å². The molecular weight excluding hydrogens is 429 g/mol. The molecule has 3 nitrogen and oxygen atoms in total. The van der Waals surface area contributed by atoms with Crippen LogP contribution >= 0.6 is 0 Å². The molecule has 2 aromatic rings. The molecule has 35 heavy (non-hydrogen) atoms. The van der Waals surface area contributed by atoms with Crippen molar-refractivity contribution in [1.82, 2.24) is 0 Å². The van der Waals surface area contributed by atoms with Crippen LogP contribution < -0.4 is 10.4 Å². The van der Waals surface area contributed by atoms with E-state index in [1.54, 1.807) is 0 Å². The van der Waals surface area contributed by atoms with E-state index >= 15 is 0 Å². The van der Waals surface area contributed by atoms with Crippen LogP contribution in [0.5, 0.6) is 0 Å². The van der Waals surface area contributed by atoms with E-state index in [0.717, 1.165) is 36.1 Å². The predicted octanol–water partition coefficient (Wildman–Crippen LogP) is 7.26. The van der Waals surface area contributed by atoms with Crippen LogP contribution in [0.4, 0.5) is 11.4 Å². The van der Waals surface area contributed by atoms with Crippen LogP contribution in [-0.2, 0) is 9.31 Å². The quantitative estimate of drug-likeness (QED) is 0.436. The van der Waals surface area contributed by atoms with Crippen molar-refractivity contribution in [3.05, 3.63) is 108 Å². The van der Waals surface area contributed by atoms with Crippen molar-refractivity contribution in [2.24, 2.45) is 0 Å². The Morgan fingerprint density at radius 2 is 1.40 bits per heavy atom. The summed E-state index contributed by atoms with van der Waals surface area (Å²) in [5.41, 5.74) is 6.39. The molecule has 0 radical (unpaired) electrons. The number of anilines is 2. The molecule has 0 spiro atoms. The van der Waals surface area contributed by atoms with E-state index in [1.807, 2.05) is 0 Å². The summed E-state index contributed by atoms with van der Waals surface area (Å²) in [6.45, 7) is 8.36. The zero-order valence-electron chi connectivity index (χ0n) is 21.2. The number of nitrogens with zero attached hydrogens (tertiary/aromatic N) is 1. The zero-order valence-corrected chi connectivity index (χ0v) is 21.2. The Bertz CT molecular complexity index is 1200. The summed E-state index contributed by atoms with van der Waals surface area (Å²) in [7, 11) is -0.360. The van der Waals surface area contributed by atoms with Gasteiger partial charge in [0.25, 0.3) is 0 Å². The van der Waals surface area contributed by atoms with Gasteiger partial charge in [-0.3, -0.25) is 0 Å². The van der Waals surface area contributed by atoms with E-state index in [4.69, 9.17) is 9.31 Å². The van der Waals surface area contributed by atoms with Crippen molar-refractivity contribution in [2.45, 2.75) is 58.2 Å².